The van der Waals surface area contributed by atoms with E-state index in [1.54, 1.807) is 18.3 Å². The second-order valence-electron chi connectivity index (χ2n) is 7.69. The number of amides is 1. The highest BCUT2D eigenvalue weighted by Crippen LogP contribution is 2.43. The van der Waals surface area contributed by atoms with Crippen LogP contribution in [0, 0.1) is 0 Å². The predicted octanol–water partition coefficient (Wildman–Crippen LogP) is 5.33. The van der Waals surface area contributed by atoms with Gasteiger partial charge in [0.15, 0.2) is 0 Å². The summed E-state index contributed by atoms with van der Waals surface area (Å²) in [6.45, 7) is 10.1. The van der Waals surface area contributed by atoms with Crippen LogP contribution in [0.2, 0.25) is 0 Å². The van der Waals surface area contributed by atoms with Crippen LogP contribution in [-0.4, -0.2) is 24.2 Å². The Kier molecular flexibility index (Phi) is 5.70. The zero-order valence-electron chi connectivity index (χ0n) is 16.3. The average molecular weight is 428 g/mol. The Morgan fingerprint density at radius 1 is 1.33 bits per heavy atom. The molecule has 1 atom stereocenters. The van der Waals surface area contributed by atoms with E-state index in [0.29, 0.717) is 11.5 Å². The van der Waals surface area contributed by atoms with E-state index in [9.17, 15) is 4.79 Å². The first-order valence-electron chi connectivity index (χ1n) is 9.32. The van der Waals surface area contributed by atoms with Gasteiger partial charge in [-0.3, -0.25) is 4.79 Å². The molecule has 0 saturated heterocycles. The summed E-state index contributed by atoms with van der Waals surface area (Å²) in [5, 5.41) is 4.14. The molecule has 2 aromatic rings. The van der Waals surface area contributed by atoms with E-state index in [0.717, 1.165) is 23.0 Å². The average Bonchev–Trinajstić information content (AvgIpc) is 2.61. The summed E-state index contributed by atoms with van der Waals surface area (Å²) >= 11 is 3.37. The van der Waals surface area contributed by atoms with Crippen molar-refractivity contribution < 1.29 is 4.79 Å². The predicted molar refractivity (Wildman–Crippen MR) is 116 cm³/mol. The highest BCUT2D eigenvalue weighted by molar-refractivity contribution is 9.10. The molecule has 142 valence electrons. The van der Waals surface area contributed by atoms with Gasteiger partial charge < -0.3 is 4.90 Å². The van der Waals surface area contributed by atoms with Crippen molar-refractivity contribution in [2.24, 2.45) is 5.10 Å². The van der Waals surface area contributed by atoms with Gasteiger partial charge in [-0.05, 0) is 74.6 Å². The summed E-state index contributed by atoms with van der Waals surface area (Å²) in [4.78, 5) is 14.6. The number of hydrogen-bond acceptors (Lipinski definition) is 3. The molecule has 0 aromatic heterocycles. The number of hydrogen-bond donors (Lipinski definition) is 1. The first-order chi connectivity index (χ1) is 12.8. The molecule has 1 aliphatic rings. The second-order valence-corrected chi connectivity index (χ2v) is 8.61. The van der Waals surface area contributed by atoms with E-state index in [-0.39, 0.29) is 11.4 Å². The lowest BCUT2D eigenvalue weighted by molar-refractivity contribution is 0.0955. The number of anilines is 1. The number of hydrazone groups is 1. The summed E-state index contributed by atoms with van der Waals surface area (Å²) in [5.41, 5.74) is 6.97. The minimum absolute atomic E-state index is 0.161. The van der Waals surface area contributed by atoms with E-state index >= 15 is 0 Å². The Morgan fingerprint density at radius 2 is 2.11 bits per heavy atom. The van der Waals surface area contributed by atoms with Crippen LogP contribution in [0.5, 0.6) is 0 Å². The number of nitrogens with zero attached hydrogens (tertiary/aromatic N) is 2. The van der Waals surface area contributed by atoms with Gasteiger partial charge in [0, 0.05) is 27.8 Å². The highest BCUT2D eigenvalue weighted by atomic mass is 79.9. The van der Waals surface area contributed by atoms with Crippen molar-refractivity contribution in [2.45, 2.75) is 45.6 Å². The van der Waals surface area contributed by atoms with E-state index in [4.69, 9.17) is 0 Å². The molecule has 4 nitrogen and oxygen atoms in total. The van der Waals surface area contributed by atoms with Crippen LogP contribution in [-0.2, 0) is 0 Å². The van der Waals surface area contributed by atoms with Gasteiger partial charge in [0.25, 0.3) is 5.91 Å². The van der Waals surface area contributed by atoms with Crippen LogP contribution in [0.3, 0.4) is 0 Å². The molecule has 0 radical (unpaired) electrons. The highest BCUT2D eigenvalue weighted by Gasteiger charge is 2.35. The van der Waals surface area contributed by atoms with Crippen molar-refractivity contribution in [3.05, 3.63) is 63.6 Å². The van der Waals surface area contributed by atoms with Crippen LogP contribution in [0.15, 0.2) is 52.0 Å². The zero-order chi connectivity index (χ0) is 19.6. The van der Waals surface area contributed by atoms with Crippen molar-refractivity contribution in [3.63, 3.8) is 0 Å². The van der Waals surface area contributed by atoms with Gasteiger partial charge in [0.05, 0.1) is 6.21 Å². The van der Waals surface area contributed by atoms with Gasteiger partial charge in [-0.1, -0.05) is 35.0 Å². The SMILES string of the molecule is CCN1c2ccc(/C=N\NC(=O)c3cccc(Br)c3)cc2C(C)CC1(C)C. The molecule has 0 bridgehead atoms. The third kappa shape index (κ3) is 4.24. The summed E-state index contributed by atoms with van der Waals surface area (Å²) in [7, 11) is 0. The maximum atomic E-state index is 12.2. The fraction of sp³-hybridized carbons (Fsp3) is 0.364. The Hall–Kier alpha value is -2.14. The fourth-order valence-electron chi connectivity index (χ4n) is 4.05. The van der Waals surface area contributed by atoms with Crippen molar-refractivity contribution in [2.75, 3.05) is 11.4 Å². The van der Waals surface area contributed by atoms with Crippen molar-refractivity contribution >= 4 is 33.7 Å². The van der Waals surface area contributed by atoms with Crippen molar-refractivity contribution in [1.82, 2.24) is 5.43 Å². The molecule has 1 aliphatic heterocycles. The molecule has 1 unspecified atom stereocenters. The number of fused-ring (bicyclic) bond motifs is 1. The molecular weight excluding hydrogens is 402 g/mol. The largest absolute Gasteiger partial charge is 0.366 e. The fourth-order valence-corrected chi connectivity index (χ4v) is 4.45. The van der Waals surface area contributed by atoms with E-state index in [2.05, 4.69) is 77.3 Å². The van der Waals surface area contributed by atoms with Gasteiger partial charge in [-0.2, -0.15) is 5.10 Å². The number of carbonyl (C=O) groups excluding carboxylic acids is 1. The molecule has 3 rings (SSSR count). The molecule has 2 aromatic carbocycles. The summed E-state index contributed by atoms with van der Waals surface area (Å²) in [6, 6.07) is 13.7. The van der Waals surface area contributed by atoms with E-state index < -0.39 is 0 Å². The maximum absolute atomic E-state index is 12.2. The van der Waals surface area contributed by atoms with E-state index in [1.165, 1.54) is 11.3 Å². The number of nitrogens with one attached hydrogen (secondary N) is 1. The second kappa shape index (κ2) is 7.85. The van der Waals surface area contributed by atoms with Gasteiger partial charge >= 0.3 is 0 Å². The Labute approximate surface area is 169 Å². The first-order valence-corrected chi connectivity index (χ1v) is 10.1. The molecule has 0 fully saturated rings. The lowest BCUT2D eigenvalue weighted by Gasteiger charge is -2.47. The molecule has 0 aliphatic carbocycles. The third-order valence-electron chi connectivity index (χ3n) is 5.19. The van der Waals surface area contributed by atoms with E-state index in [1.807, 2.05) is 12.1 Å². The monoisotopic (exact) mass is 427 g/mol. The minimum Gasteiger partial charge on any atom is -0.366 e. The van der Waals surface area contributed by atoms with Crippen LogP contribution in [0.1, 0.15) is 61.5 Å². The summed E-state index contributed by atoms with van der Waals surface area (Å²) in [6.07, 6.45) is 2.83. The first kappa shape index (κ1) is 19.6. The Morgan fingerprint density at radius 3 is 2.81 bits per heavy atom. The van der Waals surface area contributed by atoms with Crippen LogP contribution < -0.4 is 10.3 Å². The molecule has 0 saturated carbocycles. The third-order valence-corrected chi connectivity index (χ3v) is 5.69. The number of benzene rings is 2. The van der Waals surface area contributed by atoms with Gasteiger partial charge in [-0.25, -0.2) is 5.43 Å². The number of halogens is 1. The van der Waals surface area contributed by atoms with Crippen LogP contribution in [0.4, 0.5) is 5.69 Å². The lowest BCUT2D eigenvalue weighted by Crippen LogP contribution is -2.48. The number of rotatable bonds is 4. The summed E-state index contributed by atoms with van der Waals surface area (Å²) in [5.74, 6) is 0.264. The minimum atomic E-state index is -0.224. The van der Waals surface area contributed by atoms with Crippen LogP contribution >= 0.6 is 15.9 Å². The smallest absolute Gasteiger partial charge is 0.271 e. The Balaban J connectivity index is 1.76. The quantitative estimate of drug-likeness (QED) is 0.529. The molecular formula is C22H26BrN3O. The molecule has 1 N–H and O–H groups in total. The van der Waals surface area contributed by atoms with Gasteiger partial charge in [0.2, 0.25) is 0 Å². The molecule has 27 heavy (non-hydrogen) atoms. The normalized spacial score (nSPS) is 18.4. The standard InChI is InChI=1S/C22H26BrN3O/c1-5-26-20-10-9-16(11-19(20)15(2)13-22(26,3)4)14-24-25-21(27)17-7-6-8-18(23)12-17/h6-12,14-15H,5,13H2,1-4H3,(H,25,27)/b24-14-. The lowest BCUT2D eigenvalue weighted by atomic mass is 9.79. The molecule has 1 heterocycles. The topological polar surface area (TPSA) is 44.7 Å². The van der Waals surface area contributed by atoms with Crippen LogP contribution in [0.25, 0.3) is 0 Å². The van der Waals surface area contributed by atoms with Gasteiger partial charge in [0.1, 0.15) is 0 Å². The number of carbonyl (C=O) groups is 1. The Bertz CT molecular complexity index is 876. The molecule has 1 amide bonds. The maximum Gasteiger partial charge on any atom is 0.271 e. The zero-order valence-corrected chi connectivity index (χ0v) is 17.9. The summed E-state index contributed by atoms with van der Waals surface area (Å²) < 4.78 is 0.867. The van der Waals surface area contributed by atoms with Crippen molar-refractivity contribution in [3.8, 4) is 0 Å². The molecule has 5 heteroatoms. The van der Waals surface area contributed by atoms with Gasteiger partial charge in [-0.15, -0.1) is 0 Å². The molecule has 0 spiro atoms. The van der Waals surface area contributed by atoms with Crippen molar-refractivity contribution in [1.29, 1.82) is 0 Å².